The molecule has 1 saturated carbocycles. The van der Waals surface area contributed by atoms with Crippen molar-refractivity contribution >= 4 is 17.5 Å². The molecule has 3 aliphatic rings. The molecule has 0 spiro atoms. The van der Waals surface area contributed by atoms with Crippen molar-refractivity contribution in [2.24, 2.45) is 11.8 Å². The number of anilines is 1. The number of rotatable bonds is 5. The van der Waals surface area contributed by atoms with Gasteiger partial charge < -0.3 is 15.5 Å². The van der Waals surface area contributed by atoms with E-state index in [-0.39, 0.29) is 29.8 Å². The molecule has 0 bridgehead atoms. The van der Waals surface area contributed by atoms with Crippen molar-refractivity contribution < 1.29 is 9.59 Å². The van der Waals surface area contributed by atoms with Gasteiger partial charge in [0, 0.05) is 35.8 Å². The maximum Gasteiger partial charge on any atom is 0.251 e. The second kappa shape index (κ2) is 9.58. The van der Waals surface area contributed by atoms with Gasteiger partial charge in [-0.2, -0.15) is 0 Å². The van der Waals surface area contributed by atoms with E-state index in [2.05, 4.69) is 46.7 Å². The minimum absolute atomic E-state index is 0.0742. The smallest absolute Gasteiger partial charge is 0.251 e. The highest BCUT2D eigenvalue weighted by molar-refractivity contribution is 5.94. The molecule has 2 heterocycles. The van der Waals surface area contributed by atoms with Gasteiger partial charge in [-0.05, 0) is 49.4 Å². The Morgan fingerprint density at radius 2 is 1.76 bits per heavy atom. The molecule has 2 aromatic rings. The van der Waals surface area contributed by atoms with E-state index in [1.807, 2.05) is 30.3 Å². The number of nitrogens with zero attached hydrogens (tertiary/aromatic N) is 1. The molecule has 0 radical (unpaired) electrons. The van der Waals surface area contributed by atoms with Crippen LogP contribution in [0.3, 0.4) is 0 Å². The molecule has 5 rings (SSSR count). The van der Waals surface area contributed by atoms with Gasteiger partial charge in [-0.25, -0.2) is 0 Å². The van der Waals surface area contributed by atoms with E-state index >= 15 is 0 Å². The molecule has 0 aromatic heterocycles. The minimum atomic E-state index is -0.142. The maximum absolute atomic E-state index is 14.0. The summed E-state index contributed by atoms with van der Waals surface area (Å²) in [5.41, 5.74) is 3.08. The SMILES string of the molecule is CCC[C@@H]1Nc2ccccc2[C@H]2[C@@H]1CCN2C(=O)[C@H]1CCCC[C@H]1NC(=O)c1ccccc1. The zero-order valence-electron chi connectivity index (χ0n) is 19.5. The molecule has 5 heteroatoms. The Morgan fingerprint density at radius 3 is 2.58 bits per heavy atom. The Hall–Kier alpha value is -2.82. The van der Waals surface area contributed by atoms with Gasteiger partial charge in [0.15, 0.2) is 0 Å². The number of fused-ring (bicyclic) bond motifs is 3. The summed E-state index contributed by atoms with van der Waals surface area (Å²) in [4.78, 5) is 29.0. The number of nitrogens with one attached hydrogen (secondary N) is 2. The standard InChI is InChI=1S/C28H35N3O2/c1-2-10-23-21-17-18-31(26(21)20-13-6-8-15-24(20)29-23)28(33)22-14-7-9-16-25(22)30-27(32)19-11-4-3-5-12-19/h3-6,8,11-13,15,21-23,25-26,29H,2,7,9-10,14,16-18H2,1H3,(H,30,32)/t21-,22+,23+,25-,26+/m1/s1. The Bertz CT molecular complexity index is 992. The zero-order valence-corrected chi connectivity index (χ0v) is 19.5. The first-order chi connectivity index (χ1) is 16.2. The van der Waals surface area contributed by atoms with Crippen LogP contribution in [0.1, 0.15) is 73.8 Å². The molecule has 33 heavy (non-hydrogen) atoms. The lowest BCUT2D eigenvalue weighted by atomic mass is 9.80. The highest BCUT2D eigenvalue weighted by atomic mass is 16.2. The van der Waals surface area contributed by atoms with Crippen LogP contribution in [-0.4, -0.2) is 35.3 Å². The van der Waals surface area contributed by atoms with Crippen LogP contribution < -0.4 is 10.6 Å². The molecule has 2 aliphatic heterocycles. The fourth-order valence-electron chi connectivity index (χ4n) is 6.33. The van der Waals surface area contributed by atoms with Crippen molar-refractivity contribution in [1.82, 2.24) is 10.2 Å². The van der Waals surface area contributed by atoms with Crippen LogP contribution in [0.2, 0.25) is 0 Å². The van der Waals surface area contributed by atoms with Crippen molar-refractivity contribution in [2.75, 3.05) is 11.9 Å². The van der Waals surface area contributed by atoms with E-state index in [4.69, 9.17) is 0 Å². The van der Waals surface area contributed by atoms with Gasteiger partial charge in [-0.1, -0.05) is 62.6 Å². The lowest BCUT2D eigenvalue weighted by molar-refractivity contribution is -0.138. The molecular weight excluding hydrogens is 410 g/mol. The summed E-state index contributed by atoms with van der Waals surface area (Å²) in [6.07, 6.45) is 7.12. The zero-order chi connectivity index (χ0) is 22.8. The second-order valence-electron chi connectivity index (χ2n) is 9.89. The molecule has 2 fully saturated rings. The van der Waals surface area contributed by atoms with Crippen LogP contribution >= 0.6 is 0 Å². The van der Waals surface area contributed by atoms with Gasteiger partial charge in [0.05, 0.1) is 12.0 Å². The molecule has 1 aliphatic carbocycles. The van der Waals surface area contributed by atoms with Crippen molar-refractivity contribution in [2.45, 2.75) is 70.0 Å². The number of benzene rings is 2. The third-order valence-corrected chi connectivity index (χ3v) is 7.90. The van der Waals surface area contributed by atoms with E-state index < -0.39 is 0 Å². The van der Waals surface area contributed by atoms with Gasteiger partial charge in [0.2, 0.25) is 5.91 Å². The molecule has 1 saturated heterocycles. The van der Waals surface area contributed by atoms with E-state index in [0.29, 0.717) is 17.5 Å². The molecule has 2 N–H and O–H groups in total. The number of likely N-dealkylation sites (tertiary alicyclic amines) is 1. The summed E-state index contributed by atoms with van der Waals surface area (Å²) in [5, 5.41) is 6.98. The van der Waals surface area contributed by atoms with Gasteiger partial charge in [0.1, 0.15) is 0 Å². The average molecular weight is 446 g/mol. The summed E-state index contributed by atoms with van der Waals surface area (Å²) in [6.45, 7) is 3.04. The van der Waals surface area contributed by atoms with Crippen LogP contribution in [0.5, 0.6) is 0 Å². The van der Waals surface area contributed by atoms with Gasteiger partial charge >= 0.3 is 0 Å². The predicted molar refractivity (Wildman–Crippen MR) is 131 cm³/mol. The average Bonchev–Trinajstić information content (AvgIpc) is 3.31. The van der Waals surface area contributed by atoms with Gasteiger partial charge in [-0.15, -0.1) is 0 Å². The van der Waals surface area contributed by atoms with Crippen molar-refractivity contribution in [3.8, 4) is 0 Å². The first-order valence-corrected chi connectivity index (χ1v) is 12.7. The highest BCUT2D eigenvalue weighted by Gasteiger charge is 2.47. The third-order valence-electron chi connectivity index (χ3n) is 7.90. The summed E-state index contributed by atoms with van der Waals surface area (Å²) in [5.74, 6) is 0.462. The molecule has 0 unspecified atom stereocenters. The van der Waals surface area contributed by atoms with E-state index in [1.165, 1.54) is 11.3 Å². The number of hydrogen-bond acceptors (Lipinski definition) is 3. The second-order valence-corrected chi connectivity index (χ2v) is 9.89. The number of carbonyl (C=O) groups is 2. The summed E-state index contributed by atoms with van der Waals surface area (Å²) < 4.78 is 0. The lowest BCUT2D eigenvalue weighted by Gasteiger charge is -2.42. The number of carbonyl (C=O) groups excluding carboxylic acids is 2. The van der Waals surface area contributed by atoms with Crippen LogP contribution in [-0.2, 0) is 4.79 Å². The quantitative estimate of drug-likeness (QED) is 0.668. The summed E-state index contributed by atoms with van der Waals surface area (Å²) in [7, 11) is 0. The lowest BCUT2D eigenvalue weighted by Crippen LogP contribution is -2.50. The van der Waals surface area contributed by atoms with Gasteiger partial charge in [0.25, 0.3) is 5.91 Å². The van der Waals surface area contributed by atoms with Crippen LogP contribution in [0.15, 0.2) is 54.6 Å². The fourth-order valence-corrected chi connectivity index (χ4v) is 6.33. The first-order valence-electron chi connectivity index (χ1n) is 12.7. The molecule has 174 valence electrons. The largest absolute Gasteiger partial charge is 0.382 e. The Balaban J connectivity index is 1.38. The van der Waals surface area contributed by atoms with Crippen molar-refractivity contribution in [1.29, 1.82) is 0 Å². The molecular formula is C28H35N3O2. The van der Waals surface area contributed by atoms with E-state index in [0.717, 1.165) is 51.5 Å². The van der Waals surface area contributed by atoms with Gasteiger partial charge in [-0.3, -0.25) is 9.59 Å². The Labute approximate surface area is 196 Å². The fraction of sp³-hybridized carbons (Fsp3) is 0.500. The van der Waals surface area contributed by atoms with Crippen molar-refractivity contribution in [3.05, 3.63) is 65.7 Å². The van der Waals surface area contributed by atoms with Crippen LogP contribution in [0, 0.1) is 11.8 Å². The Morgan fingerprint density at radius 1 is 1.00 bits per heavy atom. The number of para-hydroxylation sites is 1. The monoisotopic (exact) mass is 445 g/mol. The highest BCUT2D eigenvalue weighted by Crippen LogP contribution is 2.48. The van der Waals surface area contributed by atoms with E-state index in [9.17, 15) is 9.59 Å². The summed E-state index contributed by atoms with van der Waals surface area (Å²) >= 11 is 0. The van der Waals surface area contributed by atoms with Crippen molar-refractivity contribution in [3.63, 3.8) is 0 Å². The van der Waals surface area contributed by atoms with Crippen LogP contribution in [0.25, 0.3) is 0 Å². The molecule has 5 nitrogen and oxygen atoms in total. The number of amides is 2. The minimum Gasteiger partial charge on any atom is -0.382 e. The topological polar surface area (TPSA) is 61.4 Å². The summed E-state index contributed by atoms with van der Waals surface area (Å²) in [6, 6.07) is 18.3. The number of hydrogen-bond donors (Lipinski definition) is 2. The molecule has 2 amide bonds. The molecule has 2 aromatic carbocycles. The first kappa shape index (κ1) is 22.0. The Kier molecular flexibility index (Phi) is 6.39. The van der Waals surface area contributed by atoms with Crippen LogP contribution in [0.4, 0.5) is 5.69 Å². The maximum atomic E-state index is 14.0. The van der Waals surface area contributed by atoms with E-state index in [1.54, 1.807) is 0 Å². The molecule has 5 atom stereocenters. The normalized spacial score (nSPS) is 28.4. The third kappa shape index (κ3) is 4.25. The predicted octanol–water partition coefficient (Wildman–Crippen LogP) is 5.16.